The molecular formula is C15H21N5O4P2. The first-order valence-corrected chi connectivity index (χ1v) is 9.19. The molecule has 140 valence electrons. The molecule has 3 rings (SSSR count). The van der Waals surface area contributed by atoms with Gasteiger partial charge in [0, 0.05) is 28.1 Å². The molecule has 3 N–H and O–H groups in total. The molecule has 11 heteroatoms. The van der Waals surface area contributed by atoms with Crippen molar-refractivity contribution in [3.8, 4) is 0 Å². The second kappa shape index (κ2) is 8.27. The van der Waals surface area contributed by atoms with Crippen molar-refractivity contribution in [1.82, 2.24) is 25.9 Å². The summed E-state index contributed by atoms with van der Waals surface area (Å²) < 4.78 is 5.00. The van der Waals surface area contributed by atoms with Crippen molar-refractivity contribution in [1.29, 1.82) is 0 Å². The zero-order valence-electron chi connectivity index (χ0n) is 14.0. The predicted molar refractivity (Wildman–Crippen MR) is 100 cm³/mol. The van der Waals surface area contributed by atoms with Gasteiger partial charge < -0.3 is 4.90 Å². The summed E-state index contributed by atoms with van der Waals surface area (Å²) in [6.07, 6.45) is 1.17. The first-order valence-electron chi connectivity index (χ1n) is 8.14. The molecule has 2 aliphatic rings. The van der Waals surface area contributed by atoms with Crippen molar-refractivity contribution in [2.75, 3.05) is 6.54 Å². The van der Waals surface area contributed by atoms with Crippen molar-refractivity contribution in [3.05, 3.63) is 35.4 Å². The van der Waals surface area contributed by atoms with Gasteiger partial charge >= 0.3 is 6.03 Å². The van der Waals surface area contributed by atoms with Gasteiger partial charge in [0.1, 0.15) is 6.04 Å². The summed E-state index contributed by atoms with van der Waals surface area (Å²) >= 11 is 0. The van der Waals surface area contributed by atoms with E-state index in [4.69, 9.17) is 4.62 Å². The van der Waals surface area contributed by atoms with Gasteiger partial charge in [0.05, 0.1) is 6.04 Å². The molecule has 2 aliphatic heterocycles. The van der Waals surface area contributed by atoms with Crippen molar-refractivity contribution < 1.29 is 19.0 Å². The molecule has 0 saturated carbocycles. The van der Waals surface area contributed by atoms with Crippen LogP contribution >= 0.6 is 18.9 Å². The van der Waals surface area contributed by atoms with Crippen LogP contribution in [0.4, 0.5) is 4.79 Å². The smallest absolute Gasteiger partial charge is 0.309 e. The van der Waals surface area contributed by atoms with Crippen LogP contribution in [0.2, 0.25) is 0 Å². The molecule has 0 radical (unpaired) electrons. The maximum Gasteiger partial charge on any atom is 0.345 e. The maximum atomic E-state index is 12.4. The Kier molecular flexibility index (Phi) is 6.04. The van der Waals surface area contributed by atoms with E-state index >= 15 is 0 Å². The highest BCUT2D eigenvalue weighted by Gasteiger charge is 2.47. The number of fused-ring (bicyclic) bond motifs is 2. The summed E-state index contributed by atoms with van der Waals surface area (Å²) in [5.41, 5.74) is 6.28. The van der Waals surface area contributed by atoms with E-state index in [0.29, 0.717) is 31.5 Å². The Morgan fingerprint density at radius 1 is 1.19 bits per heavy atom. The van der Waals surface area contributed by atoms with E-state index in [1.807, 2.05) is 12.1 Å². The van der Waals surface area contributed by atoms with E-state index in [1.54, 1.807) is 12.1 Å². The summed E-state index contributed by atoms with van der Waals surface area (Å²) in [5.74, 6) is -0.834. The number of hydrogen-bond donors (Lipinski definition) is 3. The number of hydroxylamine groups is 2. The Morgan fingerprint density at radius 2 is 1.92 bits per heavy atom. The number of nitrogens with one attached hydrogen (secondary N) is 3. The van der Waals surface area contributed by atoms with Crippen LogP contribution in [0.15, 0.2) is 24.3 Å². The largest absolute Gasteiger partial charge is 0.345 e. The first kappa shape index (κ1) is 19.0. The number of hydrogen-bond acceptors (Lipinski definition) is 5. The van der Waals surface area contributed by atoms with Crippen LogP contribution in [0.3, 0.4) is 0 Å². The molecule has 0 aromatic heterocycles. The number of hydrazine groups is 1. The molecule has 26 heavy (non-hydrogen) atoms. The van der Waals surface area contributed by atoms with Gasteiger partial charge in [-0.25, -0.2) is 4.79 Å². The quantitative estimate of drug-likeness (QED) is 0.491. The third-order valence-electron chi connectivity index (χ3n) is 4.56. The van der Waals surface area contributed by atoms with Crippen LogP contribution in [-0.2, 0) is 16.0 Å². The number of nitrogens with zero attached hydrogens (tertiary/aromatic N) is 2. The van der Waals surface area contributed by atoms with E-state index in [-0.39, 0.29) is 12.1 Å². The molecular weight excluding hydrogens is 376 g/mol. The topological polar surface area (TPSA) is 103 Å². The third kappa shape index (κ3) is 3.81. The Labute approximate surface area is 155 Å². The van der Waals surface area contributed by atoms with Gasteiger partial charge in [-0.15, -0.1) is 0 Å². The molecule has 2 saturated heterocycles. The molecule has 2 bridgehead atoms. The van der Waals surface area contributed by atoms with Crippen molar-refractivity contribution in [2.24, 2.45) is 0 Å². The van der Waals surface area contributed by atoms with Crippen LogP contribution in [0, 0.1) is 0 Å². The maximum absolute atomic E-state index is 12.4. The van der Waals surface area contributed by atoms with Crippen LogP contribution in [0.5, 0.6) is 0 Å². The number of urea groups is 1. The lowest BCUT2D eigenvalue weighted by molar-refractivity contribution is -0.126. The van der Waals surface area contributed by atoms with Gasteiger partial charge in [-0.05, 0) is 30.5 Å². The summed E-state index contributed by atoms with van der Waals surface area (Å²) in [7, 11) is 4.47. The zero-order valence-corrected chi connectivity index (χ0v) is 16.3. The molecule has 1 aromatic carbocycles. The first-order chi connectivity index (χ1) is 12.5. The fourth-order valence-corrected chi connectivity index (χ4v) is 3.70. The number of carbonyl (C=O) groups excluding carboxylic acids is 3. The summed E-state index contributed by atoms with van der Waals surface area (Å²) in [5, 5.41) is 4.21. The zero-order chi connectivity index (χ0) is 18.7. The molecule has 2 unspecified atom stereocenters. The number of piperidine rings is 1. The highest BCUT2D eigenvalue weighted by molar-refractivity contribution is 7.13. The van der Waals surface area contributed by atoms with Crippen molar-refractivity contribution in [2.45, 2.75) is 31.5 Å². The van der Waals surface area contributed by atoms with Gasteiger partial charge in [0.15, 0.2) is 0 Å². The Balaban J connectivity index is 1.55. The Morgan fingerprint density at radius 3 is 2.58 bits per heavy atom. The van der Waals surface area contributed by atoms with Gasteiger partial charge in [-0.1, -0.05) is 21.5 Å². The molecule has 2 heterocycles. The van der Waals surface area contributed by atoms with Crippen molar-refractivity contribution >= 4 is 36.7 Å². The summed E-state index contributed by atoms with van der Waals surface area (Å²) in [4.78, 5) is 38.3. The average molecular weight is 397 g/mol. The van der Waals surface area contributed by atoms with E-state index in [0.717, 1.165) is 5.56 Å². The monoisotopic (exact) mass is 397 g/mol. The summed E-state index contributed by atoms with van der Waals surface area (Å²) in [6.45, 7) is 1.11. The molecule has 0 aliphatic carbocycles. The molecule has 4 amide bonds. The molecule has 1 aromatic rings. The van der Waals surface area contributed by atoms with Crippen LogP contribution in [-0.4, -0.2) is 46.4 Å². The highest BCUT2D eigenvalue weighted by atomic mass is 31.0. The normalized spacial score (nSPS) is 21.7. The van der Waals surface area contributed by atoms with Gasteiger partial charge in [-0.3, -0.25) is 30.2 Å². The van der Waals surface area contributed by atoms with E-state index in [1.165, 1.54) is 9.96 Å². The minimum absolute atomic E-state index is 0.0480. The molecule has 9 nitrogen and oxygen atoms in total. The SMILES string of the molecule is O=C(NNC(=O)[C@@H]1CC[C@H]2CN1C(=O)N2OP)c1ccc(CNP)cc1. The second-order valence-corrected chi connectivity index (χ2v) is 6.75. The van der Waals surface area contributed by atoms with E-state index in [9.17, 15) is 14.4 Å². The lowest BCUT2D eigenvalue weighted by atomic mass is 10.0. The van der Waals surface area contributed by atoms with E-state index < -0.39 is 17.9 Å². The molecule has 4 atom stereocenters. The van der Waals surface area contributed by atoms with Crippen LogP contribution in [0.25, 0.3) is 0 Å². The lowest BCUT2D eigenvalue weighted by Gasteiger charge is -2.29. The highest BCUT2D eigenvalue weighted by Crippen LogP contribution is 2.30. The number of carbonyl (C=O) groups is 3. The molecule has 0 spiro atoms. The fraction of sp³-hybridized carbons (Fsp3) is 0.400. The lowest BCUT2D eigenvalue weighted by Crippen LogP contribution is -2.54. The van der Waals surface area contributed by atoms with Gasteiger partial charge in [0.2, 0.25) is 0 Å². The van der Waals surface area contributed by atoms with Gasteiger partial charge in [0.25, 0.3) is 11.8 Å². The average Bonchev–Trinajstić information content (AvgIpc) is 2.90. The fourth-order valence-electron chi connectivity index (χ4n) is 3.21. The standard InChI is InChI=1S/C15H21N5O4P2/c21-13(10-3-1-9(2-4-10)7-16-25)17-18-14(22)12-6-5-11-8-19(12)15(23)20(11)24-26/h1-4,11-12,16H,5-8,25-26H2,(H,17,21)(H,18,22)/t11-,12-/m0/s1. The molecule has 2 fully saturated rings. The van der Waals surface area contributed by atoms with E-state index in [2.05, 4.69) is 34.8 Å². The number of rotatable bonds is 5. The predicted octanol–water partition coefficient (Wildman–Crippen LogP) is 0.318. The minimum Gasteiger partial charge on any atom is -0.309 e. The second-order valence-electron chi connectivity index (χ2n) is 6.13. The van der Waals surface area contributed by atoms with Crippen LogP contribution < -0.4 is 15.9 Å². The van der Waals surface area contributed by atoms with Crippen molar-refractivity contribution in [3.63, 3.8) is 0 Å². The van der Waals surface area contributed by atoms with Gasteiger partial charge in [-0.2, -0.15) is 5.06 Å². The minimum atomic E-state index is -0.625. The number of amides is 4. The third-order valence-corrected chi connectivity index (χ3v) is 4.99. The van der Waals surface area contributed by atoms with Crippen LogP contribution in [0.1, 0.15) is 28.8 Å². The Hall–Kier alpha value is -1.79. The summed E-state index contributed by atoms with van der Waals surface area (Å²) in [6, 6.07) is 6.01. The number of benzene rings is 1. The Bertz CT molecular complexity index is 702.